The molecular formula is C18H26N4O4S2. The largest absolute Gasteiger partial charge is 0.280 e. The second kappa shape index (κ2) is 7.49. The first kappa shape index (κ1) is 20.8. The highest BCUT2D eigenvalue weighted by molar-refractivity contribution is 7.92. The van der Waals surface area contributed by atoms with Crippen LogP contribution in [0.4, 0.5) is 5.69 Å². The number of piperidine rings is 1. The summed E-state index contributed by atoms with van der Waals surface area (Å²) in [5.41, 5.74) is 0.807. The highest BCUT2D eigenvalue weighted by Crippen LogP contribution is 2.30. The van der Waals surface area contributed by atoms with E-state index in [0.717, 1.165) is 19.3 Å². The SMILES string of the molecule is Cc1c(S(=O)(=O)Nc2ccc(S(=O)(=O)N3C(C)CCCC3C)cc2)cnn1C. The molecule has 0 bridgehead atoms. The Labute approximate surface area is 166 Å². The first-order chi connectivity index (χ1) is 13.0. The molecule has 1 saturated heterocycles. The fraction of sp³-hybridized carbons (Fsp3) is 0.500. The Kier molecular flexibility index (Phi) is 5.57. The van der Waals surface area contributed by atoms with E-state index in [1.165, 1.54) is 35.1 Å². The van der Waals surface area contributed by atoms with Crippen LogP contribution >= 0.6 is 0 Å². The number of rotatable bonds is 5. The molecule has 28 heavy (non-hydrogen) atoms. The number of nitrogens with one attached hydrogen (secondary N) is 1. The van der Waals surface area contributed by atoms with Gasteiger partial charge in [-0.25, -0.2) is 16.8 Å². The van der Waals surface area contributed by atoms with E-state index in [-0.39, 0.29) is 21.9 Å². The number of benzene rings is 1. The summed E-state index contributed by atoms with van der Waals surface area (Å²) in [6.45, 7) is 5.51. The van der Waals surface area contributed by atoms with E-state index in [4.69, 9.17) is 0 Å². The first-order valence-electron chi connectivity index (χ1n) is 9.19. The fourth-order valence-electron chi connectivity index (χ4n) is 3.64. The highest BCUT2D eigenvalue weighted by Gasteiger charge is 2.35. The number of anilines is 1. The van der Waals surface area contributed by atoms with E-state index in [1.54, 1.807) is 18.3 Å². The molecule has 154 valence electrons. The molecule has 0 amide bonds. The van der Waals surface area contributed by atoms with E-state index in [9.17, 15) is 16.8 Å². The minimum Gasteiger partial charge on any atom is -0.280 e. The van der Waals surface area contributed by atoms with Crippen LogP contribution in [0.25, 0.3) is 0 Å². The van der Waals surface area contributed by atoms with Gasteiger partial charge in [0, 0.05) is 24.8 Å². The van der Waals surface area contributed by atoms with Crippen LogP contribution in [-0.4, -0.2) is 43.0 Å². The van der Waals surface area contributed by atoms with E-state index in [0.29, 0.717) is 11.4 Å². The molecule has 0 radical (unpaired) electrons. The summed E-state index contributed by atoms with van der Waals surface area (Å²) in [4.78, 5) is 0.247. The van der Waals surface area contributed by atoms with Crippen molar-refractivity contribution in [3.8, 4) is 0 Å². The maximum Gasteiger partial charge on any atom is 0.265 e. The molecule has 8 nitrogen and oxygen atoms in total. The van der Waals surface area contributed by atoms with Crippen molar-refractivity contribution >= 4 is 25.7 Å². The molecule has 2 atom stereocenters. The molecule has 1 aromatic heterocycles. The van der Waals surface area contributed by atoms with Gasteiger partial charge in [0.1, 0.15) is 4.90 Å². The van der Waals surface area contributed by atoms with Crippen molar-refractivity contribution in [1.29, 1.82) is 0 Å². The third-order valence-corrected chi connectivity index (χ3v) is 8.90. The quantitative estimate of drug-likeness (QED) is 0.791. The van der Waals surface area contributed by atoms with E-state index in [2.05, 4.69) is 9.82 Å². The smallest absolute Gasteiger partial charge is 0.265 e. The Balaban J connectivity index is 1.84. The van der Waals surface area contributed by atoms with Crippen molar-refractivity contribution in [2.24, 2.45) is 7.05 Å². The second-order valence-corrected chi connectivity index (χ2v) is 10.8. The molecule has 2 heterocycles. The summed E-state index contributed by atoms with van der Waals surface area (Å²) in [6, 6.07) is 5.71. The van der Waals surface area contributed by atoms with Gasteiger partial charge in [-0.15, -0.1) is 0 Å². The summed E-state index contributed by atoms with van der Waals surface area (Å²) < 4.78 is 56.7. The van der Waals surface area contributed by atoms with E-state index < -0.39 is 20.0 Å². The lowest BCUT2D eigenvalue weighted by molar-refractivity contribution is 0.204. The number of aryl methyl sites for hydroxylation is 1. The molecule has 3 rings (SSSR count). The molecule has 1 fully saturated rings. The van der Waals surface area contributed by atoms with Gasteiger partial charge in [-0.05, 0) is 57.9 Å². The summed E-state index contributed by atoms with van der Waals surface area (Å²) in [6.07, 6.45) is 3.98. The van der Waals surface area contributed by atoms with Crippen LogP contribution in [0.2, 0.25) is 0 Å². The lowest BCUT2D eigenvalue weighted by atomic mass is 10.0. The topological polar surface area (TPSA) is 101 Å². The molecule has 0 saturated carbocycles. The standard InChI is InChI=1S/C18H26N4O4S2/c1-13-6-5-7-14(2)22(13)28(25,26)17-10-8-16(9-11-17)20-27(23,24)18-12-19-21(4)15(18)3/h8-14,20H,5-7H2,1-4H3. The predicted molar refractivity (Wildman–Crippen MR) is 107 cm³/mol. The molecule has 1 aromatic carbocycles. The summed E-state index contributed by atoms with van der Waals surface area (Å²) in [5.74, 6) is 0. The van der Waals surface area contributed by atoms with Crippen molar-refractivity contribution in [3.05, 3.63) is 36.2 Å². The Morgan fingerprint density at radius 2 is 1.61 bits per heavy atom. The molecular weight excluding hydrogens is 400 g/mol. The van der Waals surface area contributed by atoms with Crippen LogP contribution in [0.3, 0.4) is 0 Å². The highest BCUT2D eigenvalue weighted by atomic mass is 32.2. The molecule has 2 aromatic rings. The molecule has 10 heteroatoms. The van der Waals surface area contributed by atoms with Gasteiger partial charge >= 0.3 is 0 Å². The minimum atomic E-state index is -3.80. The summed E-state index contributed by atoms with van der Waals surface area (Å²) >= 11 is 0. The normalized spacial score (nSPS) is 21.6. The van der Waals surface area contributed by atoms with Crippen LogP contribution in [0.1, 0.15) is 38.8 Å². The number of nitrogens with zero attached hydrogens (tertiary/aromatic N) is 3. The van der Waals surface area contributed by atoms with Crippen LogP contribution in [-0.2, 0) is 27.1 Å². The maximum absolute atomic E-state index is 13.0. The van der Waals surface area contributed by atoms with Crippen LogP contribution in [0.15, 0.2) is 40.3 Å². The number of hydrogen-bond donors (Lipinski definition) is 1. The molecule has 2 unspecified atom stereocenters. The molecule has 1 aliphatic rings. The predicted octanol–water partition coefficient (Wildman–Crippen LogP) is 2.48. The maximum atomic E-state index is 13.0. The molecule has 0 spiro atoms. The first-order valence-corrected chi connectivity index (χ1v) is 12.1. The van der Waals surface area contributed by atoms with E-state index in [1.807, 2.05) is 13.8 Å². The van der Waals surface area contributed by atoms with Gasteiger partial charge in [0.2, 0.25) is 10.0 Å². The zero-order valence-electron chi connectivity index (χ0n) is 16.5. The molecule has 1 N–H and O–H groups in total. The third kappa shape index (κ3) is 3.81. The lowest BCUT2D eigenvalue weighted by Crippen LogP contribution is -2.47. The van der Waals surface area contributed by atoms with Gasteiger partial charge in [0.25, 0.3) is 10.0 Å². The lowest BCUT2D eigenvalue weighted by Gasteiger charge is -2.37. The fourth-order valence-corrected chi connectivity index (χ4v) is 6.79. The Hall–Kier alpha value is -1.91. The minimum absolute atomic E-state index is 0.0551. The van der Waals surface area contributed by atoms with Crippen molar-refractivity contribution < 1.29 is 16.8 Å². The second-order valence-electron chi connectivity index (χ2n) is 7.31. The van der Waals surface area contributed by atoms with Crippen LogP contribution in [0.5, 0.6) is 0 Å². The van der Waals surface area contributed by atoms with Crippen LogP contribution < -0.4 is 4.72 Å². The van der Waals surface area contributed by atoms with Gasteiger partial charge in [-0.3, -0.25) is 9.40 Å². The number of sulfonamides is 2. The Morgan fingerprint density at radius 3 is 2.11 bits per heavy atom. The average Bonchev–Trinajstić information content (AvgIpc) is 2.94. The van der Waals surface area contributed by atoms with Crippen molar-refractivity contribution in [1.82, 2.24) is 14.1 Å². The Bertz CT molecular complexity index is 1050. The molecule has 1 aliphatic heterocycles. The van der Waals surface area contributed by atoms with Crippen molar-refractivity contribution in [2.75, 3.05) is 4.72 Å². The molecule has 0 aliphatic carbocycles. The van der Waals surface area contributed by atoms with Crippen LogP contribution in [0, 0.1) is 6.92 Å². The zero-order valence-corrected chi connectivity index (χ0v) is 18.1. The van der Waals surface area contributed by atoms with Gasteiger partial charge in [-0.1, -0.05) is 6.42 Å². The van der Waals surface area contributed by atoms with Gasteiger partial charge < -0.3 is 0 Å². The van der Waals surface area contributed by atoms with Crippen molar-refractivity contribution in [3.63, 3.8) is 0 Å². The third-order valence-electron chi connectivity index (χ3n) is 5.27. The van der Waals surface area contributed by atoms with E-state index >= 15 is 0 Å². The van der Waals surface area contributed by atoms with Gasteiger partial charge in [-0.2, -0.15) is 9.40 Å². The van der Waals surface area contributed by atoms with Crippen molar-refractivity contribution in [2.45, 2.75) is 61.9 Å². The van der Waals surface area contributed by atoms with Gasteiger partial charge in [0.15, 0.2) is 0 Å². The zero-order chi connectivity index (χ0) is 20.7. The Morgan fingerprint density at radius 1 is 1.04 bits per heavy atom. The average molecular weight is 427 g/mol. The van der Waals surface area contributed by atoms with Gasteiger partial charge in [0.05, 0.1) is 16.8 Å². The number of hydrogen-bond acceptors (Lipinski definition) is 5. The summed E-state index contributed by atoms with van der Waals surface area (Å²) in [5, 5.41) is 3.95. The monoisotopic (exact) mass is 426 g/mol. The number of aromatic nitrogens is 2. The summed E-state index contributed by atoms with van der Waals surface area (Å²) in [7, 11) is -5.77.